The maximum absolute atomic E-state index is 13.2. The van der Waals surface area contributed by atoms with Gasteiger partial charge < -0.3 is 5.32 Å². The van der Waals surface area contributed by atoms with Crippen molar-refractivity contribution < 1.29 is 9.18 Å². The highest BCUT2D eigenvalue weighted by atomic mass is 35.5. The van der Waals surface area contributed by atoms with E-state index in [1.54, 1.807) is 0 Å². The van der Waals surface area contributed by atoms with Gasteiger partial charge in [-0.15, -0.1) is 11.6 Å². The highest BCUT2D eigenvalue weighted by Gasteiger charge is 2.18. The standard InChI is InChI=1S/C13H16Cl2FNO/c1-13(2,5-6-14)8-17-12(18)9-3-4-10(15)11(16)7-9/h3-4,7H,5-6,8H2,1-2H3,(H,17,18). The van der Waals surface area contributed by atoms with Gasteiger partial charge in [-0.2, -0.15) is 0 Å². The van der Waals surface area contributed by atoms with Crippen molar-refractivity contribution in [2.75, 3.05) is 12.4 Å². The van der Waals surface area contributed by atoms with Crippen LogP contribution in [0, 0.1) is 11.2 Å². The molecule has 5 heteroatoms. The van der Waals surface area contributed by atoms with Crippen LogP contribution >= 0.6 is 23.2 Å². The summed E-state index contributed by atoms with van der Waals surface area (Å²) in [5.74, 6) is -0.365. The summed E-state index contributed by atoms with van der Waals surface area (Å²) < 4.78 is 13.2. The predicted molar refractivity (Wildman–Crippen MR) is 72.9 cm³/mol. The number of benzene rings is 1. The lowest BCUT2D eigenvalue weighted by atomic mass is 9.90. The summed E-state index contributed by atoms with van der Waals surface area (Å²) in [5, 5.41) is 2.77. The highest BCUT2D eigenvalue weighted by Crippen LogP contribution is 2.20. The van der Waals surface area contributed by atoms with E-state index in [-0.39, 0.29) is 21.9 Å². The van der Waals surface area contributed by atoms with Crippen LogP contribution in [-0.2, 0) is 0 Å². The fraction of sp³-hybridized carbons (Fsp3) is 0.462. The van der Waals surface area contributed by atoms with Gasteiger partial charge in [0.15, 0.2) is 0 Å². The van der Waals surface area contributed by atoms with Crippen molar-refractivity contribution >= 4 is 29.1 Å². The Kier molecular flexibility index (Phi) is 5.42. The van der Waals surface area contributed by atoms with E-state index < -0.39 is 5.82 Å². The summed E-state index contributed by atoms with van der Waals surface area (Å²) in [6, 6.07) is 4.00. The molecule has 0 radical (unpaired) electrons. The Labute approximate surface area is 116 Å². The molecule has 2 nitrogen and oxygen atoms in total. The largest absolute Gasteiger partial charge is 0.352 e. The molecule has 0 unspecified atom stereocenters. The van der Waals surface area contributed by atoms with E-state index in [2.05, 4.69) is 5.32 Å². The molecule has 0 aliphatic heterocycles. The highest BCUT2D eigenvalue weighted by molar-refractivity contribution is 6.30. The van der Waals surface area contributed by atoms with Crippen LogP contribution in [0.2, 0.25) is 5.02 Å². The monoisotopic (exact) mass is 291 g/mol. The van der Waals surface area contributed by atoms with E-state index in [1.165, 1.54) is 12.1 Å². The molecule has 0 heterocycles. The van der Waals surface area contributed by atoms with Crippen molar-refractivity contribution in [1.82, 2.24) is 5.32 Å². The quantitative estimate of drug-likeness (QED) is 0.820. The van der Waals surface area contributed by atoms with Gasteiger partial charge in [0.25, 0.3) is 5.91 Å². The molecule has 0 bridgehead atoms. The topological polar surface area (TPSA) is 29.1 Å². The molecular weight excluding hydrogens is 276 g/mol. The SMILES string of the molecule is CC(C)(CCCl)CNC(=O)c1ccc(Cl)c(F)c1. The number of nitrogens with one attached hydrogen (secondary N) is 1. The second kappa shape index (κ2) is 6.39. The minimum Gasteiger partial charge on any atom is -0.352 e. The summed E-state index contributed by atoms with van der Waals surface area (Å²) >= 11 is 11.2. The van der Waals surface area contributed by atoms with Gasteiger partial charge >= 0.3 is 0 Å². The maximum atomic E-state index is 13.2. The van der Waals surface area contributed by atoms with Crippen LogP contribution < -0.4 is 5.32 Å². The average molecular weight is 292 g/mol. The Morgan fingerprint density at radius 2 is 2.11 bits per heavy atom. The second-order valence-electron chi connectivity index (χ2n) is 4.91. The van der Waals surface area contributed by atoms with Crippen LogP contribution in [0.15, 0.2) is 18.2 Å². The Morgan fingerprint density at radius 3 is 2.67 bits per heavy atom. The first-order chi connectivity index (χ1) is 8.35. The summed E-state index contributed by atoms with van der Waals surface area (Å²) in [7, 11) is 0. The number of alkyl halides is 1. The van der Waals surface area contributed by atoms with Crippen molar-refractivity contribution in [3.8, 4) is 0 Å². The summed E-state index contributed by atoms with van der Waals surface area (Å²) in [5.41, 5.74) is 0.182. The lowest BCUT2D eigenvalue weighted by molar-refractivity contribution is 0.0935. The minimum atomic E-state index is -0.593. The molecule has 1 amide bonds. The van der Waals surface area contributed by atoms with Crippen molar-refractivity contribution in [3.05, 3.63) is 34.6 Å². The molecule has 1 rings (SSSR count). The van der Waals surface area contributed by atoms with Crippen molar-refractivity contribution in [1.29, 1.82) is 0 Å². The number of carbonyl (C=O) groups is 1. The molecule has 1 N–H and O–H groups in total. The number of amides is 1. The predicted octanol–water partition coefficient (Wildman–Crippen LogP) is 3.86. The van der Waals surface area contributed by atoms with E-state index in [4.69, 9.17) is 23.2 Å². The maximum Gasteiger partial charge on any atom is 0.251 e. The first kappa shape index (κ1) is 15.3. The smallest absolute Gasteiger partial charge is 0.251 e. The van der Waals surface area contributed by atoms with Crippen LogP contribution in [-0.4, -0.2) is 18.3 Å². The first-order valence-electron chi connectivity index (χ1n) is 5.65. The minimum absolute atomic E-state index is 0.00835. The fourth-order valence-corrected chi connectivity index (χ4v) is 2.03. The van der Waals surface area contributed by atoms with Crippen molar-refractivity contribution in [2.45, 2.75) is 20.3 Å². The number of hydrogen-bond acceptors (Lipinski definition) is 1. The second-order valence-corrected chi connectivity index (χ2v) is 5.70. The molecule has 1 aromatic rings. The van der Waals surface area contributed by atoms with Crippen LogP contribution in [0.5, 0.6) is 0 Å². The van der Waals surface area contributed by atoms with Gasteiger partial charge in [-0.25, -0.2) is 4.39 Å². The first-order valence-corrected chi connectivity index (χ1v) is 6.56. The van der Waals surface area contributed by atoms with Gasteiger partial charge in [0, 0.05) is 18.0 Å². The Morgan fingerprint density at radius 1 is 1.44 bits per heavy atom. The van der Waals surface area contributed by atoms with E-state index >= 15 is 0 Å². The van der Waals surface area contributed by atoms with Gasteiger partial charge in [0.2, 0.25) is 0 Å². The molecule has 0 saturated heterocycles. The number of halogens is 3. The van der Waals surface area contributed by atoms with Gasteiger partial charge in [-0.05, 0) is 30.0 Å². The van der Waals surface area contributed by atoms with Gasteiger partial charge in [0.1, 0.15) is 5.82 Å². The van der Waals surface area contributed by atoms with Crippen molar-refractivity contribution in [3.63, 3.8) is 0 Å². The van der Waals surface area contributed by atoms with Gasteiger partial charge in [-0.1, -0.05) is 25.4 Å². The third-order valence-corrected chi connectivity index (χ3v) is 3.18. The third kappa shape index (κ3) is 4.46. The number of hydrogen-bond donors (Lipinski definition) is 1. The third-order valence-electron chi connectivity index (χ3n) is 2.68. The molecule has 0 fully saturated rings. The molecule has 0 saturated carbocycles. The molecular formula is C13H16Cl2FNO. The fourth-order valence-electron chi connectivity index (χ4n) is 1.40. The number of rotatable bonds is 5. The summed E-state index contributed by atoms with van der Waals surface area (Å²) in [6.07, 6.45) is 0.795. The zero-order valence-electron chi connectivity index (χ0n) is 10.4. The molecule has 18 heavy (non-hydrogen) atoms. The summed E-state index contributed by atoms with van der Waals surface area (Å²) in [6.45, 7) is 4.51. The number of carbonyl (C=O) groups excluding carboxylic acids is 1. The zero-order chi connectivity index (χ0) is 13.8. The molecule has 0 aliphatic carbocycles. The molecule has 0 aromatic heterocycles. The Bertz CT molecular complexity index is 435. The van der Waals surface area contributed by atoms with Crippen LogP contribution in [0.25, 0.3) is 0 Å². The molecule has 0 spiro atoms. The van der Waals surface area contributed by atoms with Crippen LogP contribution in [0.1, 0.15) is 30.6 Å². The molecule has 0 atom stereocenters. The molecule has 1 aromatic carbocycles. The Hall–Kier alpha value is -0.800. The van der Waals surface area contributed by atoms with Gasteiger partial charge in [-0.3, -0.25) is 4.79 Å². The van der Waals surface area contributed by atoms with Crippen molar-refractivity contribution in [2.24, 2.45) is 5.41 Å². The van der Waals surface area contributed by atoms with Gasteiger partial charge in [0.05, 0.1) is 5.02 Å². The lowest BCUT2D eigenvalue weighted by Crippen LogP contribution is -2.34. The zero-order valence-corrected chi connectivity index (χ0v) is 11.9. The summed E-state index contributed by atoms with van der Waals surface area (Å²) in [4.78, 5) is 11.8. The van der Waals surface area contributed by atoms with E-state index in [9.17, 15) is 9.18 Å². The molecule has 100 valence electrons. The van der Waals surface area contributed by atoms with E-state index in [0.717, 1.165) is 12.5 Å². The average Bonchev–Trinajstić information content (AvgIpc) is 2.30. The molecule has 0 aliphatic rings. The lowest BCUT2D eigenvalue weighted by Gasteiger charge is -2.23. The van der Waals surface area contributed by atoms with E-state index in [0.29, 0.717) is 12.4 Å². The van der Waals surface area contributed by atoms with Crippen LogP contribution in [0.3, 0.4) is 0 Å². The Balaban J connectivity index is 2.63. The van der Waals surface area contributed by atoms with E-state index in [1.807, 2.05) is 13.8 Å². The normalized spacial score (nSPS) is 11.4. The van der Waals surface area contributed by atoms with Crippen LogP contribution in [0.4, 0.5) is 4.39 Å².